The second-order valence-electron chi connectivity index (χ2n) is 7.17. The molecule has 2 rings (SSSR count). The summed E-state index contributed by atoms with van der Waals surface area (Å²) >= 11 is 0. The van der Waals surface area contributed by atoms with Crippen molar-refractivity contribution in [2.75, 3.05) is 32.8 Å². The van der Waals surface area contributed by atoms with E-state index in [1.54, 1.807) is 0 Å². The van der Waals surface area contributed by atoms with Crippen molar-refractivity contribution in [3.05, 3.63) is 35.9 Å². The zero-order valence-corrected chi connectivity index (χ0v) is 17.7. The van der Waals surface area contributed by atoms with Crippen LogP contribution in [0.3, 0.4) is 0 Å². The highest BCUT2D eigenvalue weighted by Crippen LogP contribution is 2.24. The number of halogens is 1. The van der Waals surface area contributed by atoms with Gasteiger partial charge in [0.2, 0.25) is 11.8 Å². The summed E-state index contributed by atoms with van der Waals surface area (Å²) < 4.78 is 5.27. The summed E-state index contributed by atoms with van der Waals surface area (Å²) in [6, 6.07) is 9.41. The minimum Gasteiger partial charge on any atom is -0.382 e. The van der Waals surface area contributed by atoms with Crippen LogP contribution in [0.1, 0.15) is 44.7 Å². The van der Waals surface area contributed by atoms with E-state index in [-0.39, 0.29) is 42.1 Å². The first kappa shape index (κ1) is 24.4. The third-order valence-electron chi connectivity index (χ3n) is 5.26. The summed E-state index contributed by atoms with van der Waals surface area (Å²) in [7, 11) is 0. The molecule has 2 amide bonds. The zero-order chi connectivity index (χ0) is 19.6. The summed E-state index contributed by atoms with van der Waals surface area (Å²) in [6.45, 7) is 7.08. The molecule has 0 spiro atoms. The van der Waals surface area contributed by atoms with Crippen LogP contribution in [0, 0.1) is 11.8 Å². The van der Waals surface area contributed by atoms with Gasteiger partial charge in [0.25, 0.3) is 0 Å². The maximum atomic E-state index is 12.8. The molecule has 1 aromatic rings. The highest BCUT2D eigenvalue weighted by atomic mass is 35.5. The number of carbonyl (C=O) groups excluding carboxylic acids is 2. The molecule has 1 saturated heterocycles. The third kappa shape index (κ3) is 7.08. The van der Waals surface area contributed by atoms with E-state index >= 15 is 0 Å². The number of piperidine rings is 1. The molecule has 0 aromatic heterocycles. The molecule has 2 atom stereocenters. The Labute approximate surface area is 174 Å². The largest absolute Gasteiger partial charge is 0.382 e. The van der Waals surface area contributed by atoms with Gasteiger partial charge in [-0.25, -0.2) is 0 Å². The first-order chi connectivity index (χ1) is 13.0. The van der Waals surface area contributed by atoms with Crippen LogP contribution in [0.5, 0.6) is 0 Å². The van der Waals surface area contributed by atoms with Crippen molar-refractivity contribution in [2.45, 2.75) is 39.2 Å². The van der Waals surface area contributed by atoms with Crippen molar-refractivity contribution in [3.8, 4) is 0 Å². The Balaban J connectivity index is 0.00000392. The fraction of sp³-hybridized carbons (Fsp3) is 0.619. The molecule has 1 aromatic carbocycles. The normalized spacial score (nSPS) is 16.8. The molecule has 1 aliphatic heterocycles. The number of rotatable bonds is 9. The number of hydrogen-bond acceptors (Lipinski definition) is 4. The van der Waals surface area contributed by atoms with Gasteiger partial charge in [0, 0.05) is 44.8 Å². The number of likely N-dealkylation sites (tertiary alicyclic amines) is 1. The molecular weight excluding hydrogens is 378 g/mol. The van der Waals surface area contributed by atoms with E-state index in [9.17, 15) is 9.59 Å². The maximum absolute atomic E-state index is 12.8. The quantitative estimate of drug-likeness (QED) is 0.611. The minimum atomic E-state index is -0.315. The monoisotopic (exact) mass is 411 g/mol. The molecule has 1 heterocycles. The Morgan fingerprint density at radius 2 is 1.89 bits per heavy atom. The van der Waals surface area contributed by atoms with E-state index in [0.717, 1.165) is 12.0 Å². The number of ether oxygens (including phenoxy) is 1. The van der Waals surface area contributed by atoms with E-state index in [0.29, 0.717) is 45.7 Å². The maximum Gasteiger partial charge on any atom is 0.227 e. The Hall–Kier alpha value is -1.63. The first-order valence-electron chi connectivity index (χ1n) is 9.99. The molecule has 0 bridgehead atoms. The van der Waals surface area contributed by atoms with Crippen LogP contribution < -0.4 is 11.1 Å². The SMILES string of the molecule is CCOCCCNC(=O)C1CCN(C(=O)C(C)C(N)c2ccccc2)CC1.Cl. The third-order valence-corrected chi connectivity index (χ3v) is 5.26. The smallest absolute Gasteiger partial charge is 0.227 e. The second kappa shape index (κ2) is 12.8. The van der Waals surface area contributed by atoms with Crippen molar-refractivity contribution in [1.29, 1.82) is 0 Å². The van der Waals surface area contributed by atoms with Crippen LogP contribution >= 0.6 is 12.4 Å². The van der Waals surface area contributed by atoms with Crippen LogP contribution in [-0.2, 0) is 14.3 Å². The van der Waals surface area contributed by atoms with Gasteiger partial charge in [-0.3, -0.25) is 9.59 Å². The number of nitrogens with two attached hydrogens (primary N) is 1. The van der Waals surface area contributed by atoms with Gasteiger partial charge in [-0.2, -0.15) is 0 Å². The summed E-state index contributed by atoms with van der Waals surface area (Å²) in [5.41, 5.74) is 7.26. The number of carbonyl (C=O) groups is 2. The summed E-state index contributed by atoms with van der Waals surface area (Å²) in [4.78, 5) is 26.9. The molecule has 7 heteroatoms. The van der Waals surface area contributed by atoms with E-state index < -0.39 is 0 Å². The van der Waals surface area contributed by atoms with Crippen LogP contribution in [0.15, 0.2) is 30.3 Å². The van der Waals surface area contributed by atoms with E-state index in [2.05, 4.69) is 5.32 Å². The van der Waals surface area contributed by atoms with E-state index in [4.69, 9.17) is 10.5 Å². The van der Waals surface area contributed by atoms with Gasteiger partial charge < -0.3 is 20.7 Å². The number of amides is 2. The molecule has 158 valence electrons. The summed E-state index contributed by atoms with van der Waals surface area (Å²) in [5, 5.41) is 2.98. The minimum absolute atomic E-state index is 0. The van der Waals surface area contributed by atoms with Crippen molar-refractivity contribution in [2.24, 2.45) is 17.6 Å². The number of benzene rings is 1. The van der Waals surface area contributed by atoms with Crippen molar-refractivity contribution in [3.63, 3.8) is 0 Å². The van der Waals surface area contributed by atoms with Gasteiger partial charge in [0.1, 0.15) is 0 Å². The predicted molar refractivity (Wildman–Crippen MR) is 113 cm³/mol. The van der Waals surface area contributed by atoms with Gasteiger partial charge in [-0.1, -0.05) is 37.3 Å². The standard InChI is InChI=1S/C21H33N3O3.ClH/c1-3-27-15-7-12-23-20(25)18-10-13-24(14-11-18)21(26)16(2)19(22)17-8-5-4-6-9-17;/h4-6,8-9,16,18-19H,3,7,10-15,22H2,1-2H3,(H,23,25);1H. The average Bonchev–Trinajstić information content (AvgIpc) is 2.72. The van der Waals surface area contributed by atoms with Gasteiger partial charge in [-0.15, -0.1) is 12.4 Å². The molecular formula is C21H34ClN3O3. The molecule has 0 radical (unpaired) electrons. The lowest BCUT2D eigenvalue weighted by molar-refractivity contribution is -0.139. The van der Waals surface area contributed by atoms with Crippen molar-refractivity contribution in [1.82, 2.24) is 10.2 Å². The number of hydrogen-bond donors (Lipinski definition) is 2. The fourth-order valence-corrected chi connectivity index (χ4v) is 3.44. The second-order valence-corrected chi connectivity index (χ2v) is 7.17. The highest BCUT2D eigenvalue weighted by Gasteiger charge is 2.31. The summed E-state index contributed by atoms with van der Waals surface area (Å²) in [6.07, 6.45) is 2.23. The van der Waals surface area contributed by atoms with Crippen LogP contribution in [0.25, 0.3) is 0 Å². The molecule has 0 aliphatic carbocycles. The molecule has 0 saturated carbocycles. The lowest BCUT2D eigenvalue weighted by Gasteiger charge is -2.34. The predicted octanol–water partition coefficient (Wildman–Crippen LogP) is 2.53. The molecule has 1 aliphatic rings. The highest BCUT2D eigenvalue weighted by molar-refractivity contribution is 5.85. The van der Waals surface area contributed by atoms with Gasteiger partial charge in [0.15, 0.2) is 0 Å². The molecule has 3 N–H and O–H groups in total. The van der Waals surface area contributed by atoms with Crippen LogP contribution in [0.4, 0.5) is 0 Å². The Morgan fingerprint density at radius 3 is 2.50 bits per heavy atom. The van der Waals surface area contributed by atoms with Gasteiger partial charge in [-0.05, 0) is 31.7 Å². The number of nitrogens with one attached hydrogen (secondary N) is 1. The van der Waals surface area contributed by atoms with Crippen LogP contribution in [-0.4, -0.2) is 49.6 Å². The van der Waals surface area contributed by atoms with Crippen LogP contribution in [0.2, 0.25) is 0 Å². The average molecular weight is 412 g/mol. The van der Waals surface area contributed by atoms with Crippen molar-refractivity contribution >= 4 is 24.2 Å². The first-order valence-corrected chi connectivity index (χ1v) is 9.99. The van der Waals surface area contributed by atoms with E-state index in [1.165, 1.54) is 0 Å². The Kier molecular flexibility index (Phi) is 11.1. The van der Waals surface area contributed by atoms with E-state index in [1.807, 2.05) is 49.1 Å². The fourth-order valence-electron chi connectivity index (χ4n) is 3.44. The topological polar surface area (TPSA) is 84.7 Å². The van der Waals surface area contributed by atoms with Gasteiger partial charge in [0.05, 0.1) is 5.92 Å². The van der Waals surface area contributed by atoms with Gasteiger partial charge >= 0.3 is 0 Å². The molecule has 1 fully saturated rings. The number of nitrogens with zero attached hydrogens (tertiary/aromatic N) is 1. The lowest BCUT2D eigenvalue weighted by Crippen LogP contribution is -2.46. The lowest BCUT2D eigenvalue weighted by atomic mass is 9.91. The van der Waals surface area contributed by atoms with Crippen molar-refractivity contribution < 1.29 is 14.3 Å². The summed E-state index contributed by atoms with van der Waals surface area (Å²) in [5.74, 6) is -0.134. The Morgan fingerprint density at radius 1 is 1.25 bits per heavy atom. The molecule has 28 heavy (non-hydrogen) atoms. The zero-order valence-electron chi connectivity index (χ0n) is 16.9. The Bertz CT molecular complexity index is 592. The molecule has 6 nitrogen and oxygen atoms in total. The molecule has 2 unspecified atom stereocenters.